The first-order chi connectivity index (χ1) is 13.2. The lowest BCUT2D eigenvalue weighted by Crippen LogP contribution is -2.50. The third-order valence-corrected chi connectivity index (χ3v) is 5.32. The monoisotopic (exact) mass is 368 g/mol. The fraction of sp³-hybridized carbons (Fsp3) is 0.474. The maximum atomic E-state index is 12.5. The molecule has 3 heterocycles. The molecule has 1 aromatic heterocycles. The Balaban J connectivity index is 1.28. The minimum atomic E-state index is -0.0744. The molecule has 1 aromatic carbocycles. The van der Waals surface area contributed by atoms with Gasteiger partial charge in [-0.1, -0.05) is 0 Å². The molecule has 2 aliphatic rings. The van der Waals surface area contributed by atoms with Gasteiger partial charge in [0.2, 0.25) is 0 Å². The van der Waals surface area contributed by atoms with Gasteiger partial charge in [0.25, 0.3) is 5.91 Å². The van der Waals surface area contributed by atoms with Crippen molar-refractivity contribution < 1.29 is 9.59 Å². The highest BCUT2D eigenvalue weighted by molar-refractivity contribution is 5.94. The van der Waals surface area contributed by atoms with Gasteiger partial charge in [-0.15, -0.1) is 10.2 Å². The number of likely N-dealkylation sites (tertiary alicyclic amines) is 2. The van der Waals surface area contributed by atoms with Gasteiger partial charge in [0.15, 0.2) is 0 Å². The zero-order chi connectivity index (χ0) is 18.6. The van der Waals surface area contributed by atoms with E-state index in [0.29, 0.717) is 18.7 Å². The number of carbonyl (C=O) groups is 2. The Hall–Kier alpha value is -2.90. The predicted octanol–water partition coefficient (Wildman–Crippen LogP) is 1.68. The van der Waals surface area contributed by atoms with E-state index in [-0.39, 0.29) is 18.0 Å². The normalized spacial score (nSPS) is 17.9. The maximum Gasteiger partial charge on any atom is 0.319 e. The van der Waals surface area contributed by atoms with Crippen molar-refractivity contribution in [3.05, 3.63) is 42.5 Å². The summed E-state index contributed by atoms with van der Waals surface area (Å²) < 4.78 is 1.79. The van der Waals surface area contributed by atoms with Crippen LogP contribution in [0.5, 0.6) is 0 Å². The number of rotatable bonds is 3. The van der Waals surface area contributed by atoms with Crippen molar-refractivity contribution in [2.45, 2.75) is 31.7 Å². The zero-order valence-corrected chi connectivity index (χ0v) is 15.3. The quantitative estimate of drug-likeness (QED) is 0.893. The molecule has 8 heteroatoms. The highest BCUT2D eigenvalue weighted by Crippen LogP contribution is 2.17. The molecule has 8 nitrogen and oxygen atoms in total. The summed E-state index contributed by atoms with van der Waals surface area (Å²) in [6.07, 6.45) is 7.04. The van der Waals surface area contributed by atoms with Crippen LogP contribution in [0.3, 0.4) is 0 Å². The molecule has 27 heavy (non-hydrogen) atoms. The smallest absolute Gasteiger partial charge is 0.319 e. The second kappa shape index (κ2) is 7.77. The van der Waals surface area contributed by atoms with Crippen molar-refractivity contribution in [3.63, 3.8) is 0 Å². The first-order valence-corrected chi connectivity index (χ1v) is 9.50. The Morgan fingerprint density at radius 1 is 0.889 bits per heavy atom. The summed E-state index contributed by atoms with van der Waals surface area (Å²) in [6.45, 7) is 3.15. The first kappa shape index (κ1) is 17.5. The topological polar surface area (TPSA) is 83.4 Å². The molecule has 0 radical (unpaired) electrons. The summed E-state index contributed by atoms with van der Waals surface area (Å²) in [7, 11) is 0. The van der Waals surface area contributed by atoms with Gasteiger partial charge in [-0.3, -0.25) is 9.36 Å². The molecular weight excluding hydrogens is 344 g/mol. The summed E-state index contributed by atoms with van der Waals surface area (Å²) in [5.74, 6) is -0.0744. The van der Waals surface area contributed by atoms with Crippen LogP contribution in [-0.4, -0.2) is 68.7 Å². The highest BCUT2D eigenvalue weighted by atomic mass is 16.2. The van der Waals surface area contributed by atoms with E-state index >= 15 is 0 Å². The van der Waals surface area contributed by atoms with Crippen LogP contribution in [0.4, 0.5) is 4.79 Å². The Morgan fingerprint density at radius 3 is 2.11 bits per heavy atom. The Morgan fingerprint density at radius 2 is 1.48 bits per heavy atom. The minimum Gasteiger partial charge on any atom is -0.349 e. The number of amides is 3. The molecule has 2 fully saturated rings. The summed E-state index contributed by atoms with van der Waals surface area (Å²) in [5, 5.41) is 10.7. The van der Waals surface area contributed by atoms with Crippen LogP contribution in [0.25, 0.3) is 5.69 Å². The SMILES string of the molecule is O=C(NC1CCN(C(=O)N2CCCC2)CC1)c1ccc(-n2cnnc2)cc1. The summed E-state index contributed by atoms with van der Waals surface area (Å²) in [4.78, 5) is 28.8. The summed E-state index contributed by atoms with van der Waals surface area (Å²) >= 11 is 0. The Kier molecular flexibility index (Phi) is 5.04. The third kappa shape index (κ3) is 3.94. The van der Waals surface area contributed by atoms with Crippen LogP contribution in [-0.2, 0) is 0 Å². The largest absolute Gasteiger partial charge is 0.349 e. The Labute approximate surface area is 158 Å². The molecule has 4 rings (SSSR count). The van der Waals surface area contributed by atoms with E-state index in [4.69, 9.17) is 0 Å². The van der Waals surface area contributed by atoms with E-state index in [9.17, 15) is 9.59 Å². The molecule has 2 aromatic rings. The van der Waals surface area contributed by atoms with Crippen LogP contribution in [0, 0.1) is 0 Å². The Bertz CT molecular complexity index is 775. The second-order valence-corrected chi connectivity index (χ2v) is 7.13. The number of urea groups is 1. The van der Waals surface area contributed by atoms with Crippen LogP contribution in [0.15, 0.2) is 36.9 Å². The molecule has 2 aliphatic heterocycles. The molecule has 0 atom stereocenters. The van der Waals surface area contributed by atoms with Crippen LogP contribution in [0.1, 0.15) is 36.0 Å². The summed E-state index contributed by atoms with van der Waals surface area (Å²) in [5.41, 5.74) is 1.53. The van der Waals surface area contributed by atoms with Crippen LogP contribution < -0.4 is 5.32 Å². The van der Waals surface area contributed by atoms with Crippen molar-refractivity contribution in [1.82, 2.24) is 29.9 Å². The fourth-order valence-corrected chi connectivity index (χ4v) is 3.71. The van der Waals surface area contributed by atoms with Crippen molar-refractivity contribution in [3.8, 4) is 5.69 Å². The molecule has 0 bridgehead atoms. The number of nitrogens with zero attached hydrogens (tertiary/aromatic N) is 5. The molecule has 0 unspecified atom stereocenters. The predicted molar refractivity (Wildman–Crippen MR) is 99.6 cm³/mol. The van der Waals surface area contributed by atoms with E-state index < -0.39 is 0 Å². The number of nitrogens with one attached hydrogen (secondary N) is 1. The van der Waals surface area contributed by atoms with Crippen molar-refractivity contribution >= 4 is 11.9 Å². The molecule has 0 spiro atoms. The van der Waals surface area contributed by atoms with Crippen molar-refractivity contribution in [2.24, 2.45) is 0 Å². The van der Waals surface area contributed by atoms with Gasteiger partial charge in [-0.25, -0.2) is 4.79 Å². The van der Waals surface area contributed by atoms with E-state index in [1.54, 1.807) is 29.4 Å². The second-order valence-electron chi connectivity index (χ2n) is 7.13. The number of benzene rings is 1. The van der Waals surface area contributed by atoms with Crippen molar-refractivity contribution in [2.75, 3.05) is 26.2 Å². The zero-order valence-electron chi connectivity index (χ0n) is 15.3. The molecular formula is C19H24N6O2. The van der Waals surface area contributed by atoms with Gasteiger partial charge in [0.05, 0.1) is 0 Å². The van der Waals surface area contributed by atoms with Gasteiger partial charge < -0.3 is 15.1 Å². The highest BCUT2D eigenvalue weighted by Gasteiger charge is 2.28. The molecule has 142 valence electrons. The average Bonchev–Trinajstić information content (AvgIpc) is 3.42. The lowest BCUT2D eigenvalue weighted by Gasteiger charge is -2.34. The standard InChI is InChI=1S/C19H24N6O2/c26-18(15-3-5-17(6-4-15)25-13-20-21-14-25)22-16-7-11-24(12-8-16)19(27)23-9-1-2-10-23/h3-6,13-14,16H,1-2,7-12H2,(H,22,26). The molecule has 0 aliphatic carbocycles. The van der Waals surface area contributed by atoms with Gasteiger partial charge in [0, 0.05) is 43.5 Å². The third-order valence-electron chi connectivity index (χ3n) is 5.32. The number of carbonyl (C=O) groups excluding carboxylic acids is 2. The lowest BCUT2D eigenvalue weighted by molar-refractivity contribution is 0.0912. The summed E-state index contributed by atoms with van der Waals surface area (Å²) in [6, 6.07) is 7.61. The van der Waals surface area contributed by atoms with Gasteiger partial charge >= 0.3 is 6.03 Å². The molecule has 2 saturated heterocycles. The molecule has 0 saturated carbocycles. The van der Waals surface area contributed by atoms with E-state index in [0.717, 1.165) is 44.5 Å². The van der Waals surface area contributed by atoms with Crippen molar-refractivity contribution in [1.29, 1.82) is 0 Å². The fourth-order valence-electron chi connectivity index (χ4n) is 3.71. The van der Waals surface area contributed by atoms with Crippen LogP contribution in [0.2, 0.25) is 0 Å². The average molecular weight is 368 g/mol. The van der Waals surface area contributed by atoms with Crippen LogP contribution >= 0.6 is 0 Å². The van der Waals surface area contributed by atoms with Gasteiger partial charge in [-0.2, -0.15) is 0 Å². The molecule has 3 amide bonds. The first-order valence-electron chi connectivity index (χ1n) is 9.50. The number of hydrogen-bond acceptors (Lipinski definition) is 4. The van der Waals surface area contributed by atoms with Gasteiger partial charge in [0.1, 0.15) is 12.7 Å². The number of piperidine rings is 1. The lowest BCUT2D eigenvalue weighted by atomic mass is 10.0. The van der Waals surface area contributed by atoms with E-state index in [1.165, 1.54) is 0 Å². The molecule has 1 N–H and O–H groups in total. The number of aromatic nitrogens is 3. The minimum absolute atomic E-state index is 0.0744. The van der Waals surface area contributed by atoms with E-state index in [2.05, 4.69) is 15.5 Å². The van der Waals surface area contributed by atoms with Gasteiger partial charge in [-0.05, 0) is 49.9 Å². The van der Waals surface area contributed by atoms with E-state index in [1.807, 2.05) is 21.9 Å². The maximum absolute atomic E-state index is 12.5. The number of hydrogen-bond donors (Lipinski definition) is 1.